The first-order valence-corrected chi connectivity index (χ1v) is 15.3. The molecule has 0 atom stereocenters. The topological polar surface area (TPSA) is 386 Å². The molecule has 5 aromatic rings. The normalized spacial score (nSPS) is 9.38. The van der Waals surface area contributed by atoms with Crippen LogP contribution in [0.5, 0.6) is 24.0 Å². The van der Waals surface area contributed by atoms with Gasteiger partial charge in [-0.15, -0.1) is 28.6 Å². The zero-order valence-electron chi connectivity index (χ0n) is 28.5. The Labute approximate surface area is 547 Å². The Bertz CT molecular complexity index is 2600. The molecule has 0 N–H and O–H groups in total. The number of aromatic nitrogens is 15. The minimum absolute atomic E-state index is 0. The van der Waals surface area contributed by atoms with E-state index in [2.05, 4.69) is 19.9 Å². The van der Waals surface area contributed by atoms with Gasteiger partial charge in [0.05, 0.1) is 24.0 Å². The van der Waals surface area contributed by atoms with E-state index in [0.29, 0.717) is 0 Å². The molecule has 306 valence electrons. The summed E-state index contributed by atoms with van der Waals surface area (Å²) in [6.45, 7) is 0. The molecule has 5 rings (SSSR count). The molecule has 0 aromatic carbocycles. The van der Waals surface area contributed by atoms with Crippen molar-refractivity contribution in [3.05, 3.63) is 115 Å². The van der Waals surface area contributed by atoms with Gasteiger partial charge in [-0.2, -0.15) is 36.3 Å². The molecular weight excluding hydrogens is 1180 g/mol. The maximum absolute atomic E-state index is 10.8. The molecule has 0 aliphatic heterocycles. The summed E-state index contributed by atoms with van der Waals surface area (Å²) >= 11 is 55.6. The van der Waals surface area contributed by atoms with Crippen molar-refractivity contribution in [1.29, 1.82) is 0 Å². The van der Waals surface area contributed by atoms with Gasteiger partial charge in [-0.25, -0.2) is 52.7 Å². The van der Waals surface area contributed by atoms with Crippen molar-refractivity contribution in [3.8, 4) is 24.0 Å². The van der Waals surface area contributed by atoms with Crippen LogP contribution in [0.1, 0.15) is 0 Å². The summed E-state index contributed by atoms with van der Waals surface area (Å²) in [6, 6.07) is -4.56. The van der Waals surface area contributed by atoms with E-state index >= 15 is 0 Å². The minimum atomic E-state index is -1.16. The summed E-state index contributed by atoms with van der Waals surface area (Å²) < 4.78 is 1.10. The van der Waals surface area contributed by atoms with Gasteiger partial charge in [-0.3, -0.25) is 0 Å². The van der Waals surface area contributed by atoms with Crippen molar-refractivity contribution in [1.82, 2.24) is 64.9 Å². The Hall–Kier alpha value is 1.79. The molecule has 0 bridgehead atoms. The molecule has 0 spiro atoms. The van der Waals surface area contributed by atoms with E-state index in [1.165, 1.54) is 0 Å². The standard InChI is InChI=1S/C3Cl3N3O3.4C3HCl2N3O3.4K/c4-7-1(10)8(5)3(12)9(6)2(7)11;4*4-7-1(9)6-2(10)8(5)3(7)11;;;;/h;4*(H,6,9,10);;;;/q;;;;;4*+1/p-4. The van der Waals surface area contributed by atoms with Crippen molar-refractivity contribution in [2.75, 3.05) is 0 Å². The van der Waals surface area contributed by atoms with Gasteiger partial charge in [-0.05, 0) is 0 Å². The zero-order valence-corrected chi connectivity index (χ0v) is 49.3. The van der Waals surface area contributed by atoms with Crippen LogP contribution in [0.15, 0.2) is 52.7 Å². The van der Waals surface area contributed by atoms with Crippen molar-refractivity contribution < 1.29 is 226 Å². The second-order valence-electron chi connectivity index (χ2n) is 7.78. The van der Waals surface area contributed by atoms with Crippen molar-refractivity contribution in [2.45, 2.75) is 0 Å². The zero-order chi connectivity index (χ0) is 43.8. The van der Waals surface area contributed by atoms with Crippen LogP contribution in [0.3, 0.4) is 0 Å². The van der Waals surface area contributed by atoms with E-state index in [4.69, 9.17) is 130 Å². The Kier molecular flexibility index (Phi) is 35.3. The van der Waals surface area contributed by atoms with Crippen LogP contribution in [0.4, 0.5) is 0 Å². The quantitative estimate of drug-likeness (QED) is 0.130. The molecule has 0 unspecified atom stereocenters. The molecule has 0 amide bonds. The average Bonchev–Trinajstić information content (AvgIpc) is 3.16. The summed E-state index contributed by atoms with van der Waals surface area (Å²) in [6.07, 6.45) is 0. The van der Waals surface area contributed by atoms with Crippen LogP contribution >= 0.6 is 130 Å². The maximum atomic E-state index is 10.8. The van der Waals surface area contributed by atoms with E-state index in [-0.39, 0.29) is 250 Å². The van der Waals surface area contributed by atoms with E-state index in [9.17, 15) is 73.2 Å². The predicted octanol–water partition coefficient (Wildman–Crippen LogP) is -18.9. The van der Waals surface area contributed by atoms with Gasteiger partial charge in [0.1, 0.15) is 0 Å². The Balaban J connectivity index is -0.000000321. The second kappa shape index (κ2) is 30.9. The number of rotatable bonds is 0. The smallest absolute Gasteiger partial charge is 0.845 e. The first-order valence-electron chi connectivity index (χ1n) is 11.6. The third-order valence-electron chi connectivity index (χ3n) is 4.46. The van der Waals surface area contributed by atoms with Gasteiger partial charge in [0.2, 0.25) is 0 Å². The van der Waals surface area contributed by atoms with Crippen molar-refractivity contribution in [3.63, 3.8) is 0 Å². The summed E-state index contributed by atoms with van der Waals surface area (Å²) in [7, 11) is 0. The van der Waals surface area contributed by atoms with Gasteiger partial charge < -0.3 is 20.4 Å². The molecule has 0 aliphatic carbocycles. The Morgan fingerprint density at radius 2 is 0.367 bits per heavy atom. The monoisotopic (exact) mass is 1170 g/mol. The van der Waals surface area contributed by atoms with E-state index in [1.807, 2.05) is 0 Å². The van der Waals surface area contributed by atoms with Crippen LogP contribution < -0.4 is 289 Å². The summed E-state index contributed by atoms with van der Waals surface area (Å²) in [5.41, 5.74) is -12.6. The van der Waals surface area contributed by atoms with Gasteiger partial charge in [0, 0.05) is 130 Å². The summed E-state index contributed by atoms with van der Waals surface area (Å²) in [4.78, 5) is 128. The average molecular weight is 1180 g/mol. The summed E-state index contributed by atoms with van der Waals surface area (Å²) in [5, 5.41) is 41.8. The molecule has 5 aromatic heterocycles. The van der Waals surface area contributed by atoms with Crippen molar-refractivity contribution >= 4 is 130 Å². The third kappa shape index (κ3) is 18.5. The van der Waals surface area contributed by atoms with Crippen molar-refractivity contribution in [2.24, 2.45) is 0 Å². The van der Waals surface area contributed by atoms with Crippen LogP contribution in [0.25, 0.3) is 0 Å². The second-order valence-corrected chi connectivity index (χ2v) is 11.5. The molecule has 60 heavy (non-hydrogen) atoms. The van der Waals surface area contributed by atoms with Gasteiger partial charge >= 0.3 is 268 Å². The van der Waals surface area contributed by atoms with Crippen LogP contribution in [-0.2, 0) is 0 Å². The fraction of sp³-hybridized carbons (Fsp3) is 0. The van der Waals surface area contributed by atoms with E-state index in [0.717, 1.165) is 0 Å². The number of hydrogen-bond donors (Lipinski definition) is 0. The molecule has 0 aliphatic rings. The number of halogens is 11. The molecule has 0 saturated carbocycles. The summed E-state index contributed by atoms with van der Waals surface area (Å²) in [5.74, 6) is 0. The molecule has 30 nitrogen and oxygen atoms in total. The number of nitrogens with zero attached hydrogens (tertiary/aromatic N) is 15. The molecular formula is C15Cl11K4N15O15. The third-order valence-corrected chi connectivity index (χ3v) is 7.64. The predicted molar refractivity (Wildman–Crippen MR) is 182 cm³/mol. The van der Waals surface area contributed by atoms with Crippen LogP contribution in [0, 0.1) is 0 Å². The maximum Gasteiger partial charge on any atom is 1.00 e. The molecule has 0 saturated heterocycles. The molecule has 0 fully saturated rings. The van der Waals surface area contributed by atoms with Gasteiger partial charge in [0.25, 0.3) is 0 Å². The minimum Gasteiger partial charge on any atom is -0.845 e. The fourth-order valence-corrected chi connectivity index (χ4v) is 3.75. The molecule has 45 heteroatoms. The van der Waals surface area contributed by atoms with Gasteiger partial charge in [0.15, 0.2) is 0 Å². The number of hydrogen-bond acceptors (Lipinski definition) is 19. The first kappa shape index (κ1) is 68.4. The Morgan fingerprint density at radius 1 is 0.250 bits per heavy atom. The molecule has 0 radical (unpaired) electrons. The van der Waals surface area contributed by atoms with E-state index in [1.54, 1.807) is 0 Å². The first-order chi connectivity index (χ1) is 25.6. The van der Waals surface area contributed by atoms with Gasteiger partial charge in [-0.1, -0.05) is 0 Å². The largest absolute Gasteiger partial charge is 1.00 e. The van der Waals surface area contributed by atoms with Crippen LogP contribution in [-0.4, -0.2) is 64.9 Å². The Morgan fingerprint density at radius 3 is 0.500 bits per heavy atom. The van der Waals surface area contributed by atoms with E-state index < -0.39 is 86.6 Å². The molecule has 5 heterocycles. The SMILES string of the molecule is O=c1n(Cl)c(=O)n(Cl)c(=O)n1Cl.O=c1nc([O-])n(Cl)c(=O)n1Cl.O=c1nc([O-])n(Cl)c(=O)n1Cl.O=c1nc([O-])n(Cl)c(=O)n1Cl.O=c1nc([O-])n(Cl)c(=O)n1Cl.[K+].[K+].[K+].[K+]. The fourth-order valence-electron chi connectivity index (χ4n) is 2.12. The van der Waals surface area contributed by atoms with Crippen LogP contribution in [0.2, 0.25) is 0 Å².